The maximum absolute atomic E-state index is 12.8. The Hall–Kier alpha value is -2.42. The molecule has 8 heteroatoms. The van der Waals surface area contributed by atoms with Crippen LogP contribution >= 0.6 is 11.3 Å². The first-order chi connectivity index (χ1) is 15.2. The summed E-state index contributed by atoms with van der Waals surface area (Å²) in [6.45, 7) is 5.84. The molecule has 2 aliphatic heterocycles. The van der Waals surface area contributed by atoms with Gasteiger partial charge in [0.25, 0.3) is 5.56 Å². The van der Waals surface area contributed by atoms with Crippen molar-refractivity contribution < 1.29 is 9.47 Å². The van der Waals surface area contributed by atoms with Crippen LogP contribution in [0.25, 0.3) is 10.2 Å². The fourth-order valence-electron chi connectivity index (χ4n) is 4.90. The molecule has 0 bridgehead atoms. The van der Waals surface area contributed by atoms with Gasteiger partial charge in [-0.3, -0.25) is 14.6 Å². The third-order valence-corrected chi connectivity index (χ3v) is 7.74. The number of aromatic amines is 1. The molecule has 7 nitrogen and oxygen atoms in total. The molecule has 3 aromatic rings. The highest BCUT2D eigenvalue weighted by atomic mass is 32.1. The smallest absolute Gasteiger partial charge is 0.259 e. The van der Waals surface area contributed by atoms with Crippen molar-refractivity contribution in [2.75, 3.05) is 33.0 Å². The van der Waals surface area contributed by atoms with Crippen molar-refractivity contribution in [3.63, 3.8) is 0 Å². The van der Waals surface area contributed by atoms with Crippen molar-refractivity contribution >= 4 is 21.6 Å². The van der Waals surface area contributed by atoms with E-state index in [4.69, 9.17) is 14.5 Å². The molecule has 3 aliphatic rings. The summed E-state index contributed by atoms with van der Waals surface area (Å²) in [4.78, 5) is 27.8. The Bertz CT molecular complexity index is 1180. The van der Waals surface area contributed by atoms with E-state index in [0.717, 1.165) is 73.1 Å². The van der Waals surface area contributed by atoms with Crippen molar-refractivity contribution in [2.45, 2.75) is 38.8 Å². The molecule has 1 aromatic carbocycles. The minimum atomic E-state index is 0.0424. The highest BCUT2D eigenvalue weighted by Gasteiger charge is 2.22. The van der Waals surface area contributed by atoms with Gasteiger partial charge in [0.2, 0.25) is 6.79 Å². The van der Waals surface area contributed by atoms with Crippen molar-refractivity contribution in [3.8, 4) is 11.5 Å². The lowest BCUT2D eigenvalue weighted by molar-refractivity contribution is 0.120. The number of fused-ring (bicyclic) bond motifs is 4. The summed E-state index contributed by atoms with van der Waals surface area (Å²) >= 11 is 1.72. The quantitative estimate of drug-likeness (QED) is 0.676. The Labute approximate surface area is 184 Å². The van der Waals surface area contributed by atoms with Crippen LogP contribution in [0.5, 0.6) is 11.5 Å². The van der Waals surface area contributed by atoms with E-state index < -0.39 is 0 Å². The summed E-state index contributed by atoms with van der Waals surface area (Å²) in [7, 11) is 0. The second kappa shape index (κ2) is 7.93. The molecule has 2 aromatic heterocycles. The predicted octanol–water partition coefficient (Wildman–Crippen LogP) is 2.91. The molecule has 31 heavy (non-hydrogen) atoms. The number of nitrogens with one attached hydrogen (secondary N) is 1. The predicted molar refractivity (Wildman–Crippen MR) is 120 cm³/mol. The molecule has 6 rings (SSSR count). The number of piperazine rings is 1. The van der Waals surface area contributed by atoms with Gasteiger partial charge < -0.3 is 14.5 Å². The normalized spacial score (nSPS) is 19.1. The standard InChI is InChI=1S/C23H26N4O3S/c28-22-21-16-3-1-2-4-19(16)31-23(21)25-20(24-22)13-27-9-7-26(8-10-27)12-15-5-6-17-18(11-15)30-14-29-17/h5-6,11H,1-4,7-10,12-14H2,(H,24,25,28). The third-order valence-electron chi connectivity index (χ3n) is 6.56. The van der Waals surface area contributed by atoms with E-state index in [1.165, 1.54) is 28.8 Å². The molecule has 0 radical (unpaired) electrons. The third kappa shape index (κ3) is 3.73. The highest BCUT2D eigenvalue weighted by Crippen LogP contribution is 2.34. The summed E-state index contributed by atoms with van der Waals surface area (Å²) in [5.74, 6) is 2.47. The first-order valence-corrected chi connectivity index (χ1v) is 11.9. The van der Waals surface area contributed by atoms with E-state index in [9.17, 15) is 4.79 Å². The monoisotopic (exact) mass is 438 g/mol. The van der Waals surface area contributed by atoms with Gasteiger partial charge in [-0.05, 0) is 48.9 Å². The van der Waals surface area contributed by atoms with Crippen molar-refractivity contribution in [1.82, 2.24) is 19.8 Å². The van der Waals surface area contributed by atoms with Crippen LogP contribution in [0.4, 0.5) is 0 Å². The molecule has 0 unspecified atom stereocenters. The number of H-pyrrole nitrogens is 1. The summed E-state index contributed by atoms with van der Waals surface area (Å²) in [5.41, 5.74) is 2.54. The van der Waals surface area contributed by atoms with Gasteiger partial charge in [-0.15, -0.1) is 11.3 Å². The number of aryl methyl sites for hydroxylation is 2. The number of nitrogens with zero attached hydrogens (tertiary/aromatic N) is 3. The van der Waals surface area contributed by atoms with E-state index >= 15 is 0 Å². The second-order valence-electron chi connectivity index (χ2n) is 8.64. The average molecular weight is 439 g/mol. The van der Waals surface area contributed by atoms with Crippen molar-refractivity contribution in [2.24, 2.45) is 0 Å². The molecule has 1 saturated heterocycles. The molecule has 1 fully saturated rings. The number of hydrogen-bond acceptors (Lipinski definition) is 7. The van der Waals surface area contributed by atoms with Crippen LogP contribution in [-0.2, 0) is 25.9 Å². The minimum absolute atomic E-state index is 0.0424. The highest BCUT2D eigenvalue weighted by molar-refractivity contribution is 7.18. The van der Waals surface area contributed by atoms with Gasteiger partial charge in [-0.25, -0.2) is 4.98 Å². The van der Waals surface area contributed by atoms with Crippen molar-refractivity contribution in [3.05, 3.63) is 50.4 Å². The molecule has 0 amide bonds. The van der Waals surface area contributed by atoms with Gasteiger partial charge in [0.05, 0.1) is 11.9 Å². The van der Waals surface area contributed by atoms with Crippen LogP contribution in [0.15, 0.2) is 23.0 Å². The van der Waals surface area contributed by atoms with Crippen molar-refractivity contribution in [1.29, 1.82) is 0 Å². The zero-order chi connectivity index (χ0) is 20.8. The molecular weight excluding hydrogens is 412 g/mol. The Morgan fingerprint density at radius 3 is 2.65 bits per heavy atom. The second-order valence-corrected chi connectivity index (χ2v) is 9.73. The molecule has 1 N–H and O–H groups in total. The lowest BCUT2D eigenvalue weighted by atomic mass is 9.97. The van der Waals surface area contributed by atoms with E-state index in [-0.39, 0.29) is 5.56 Å². The van der Waals surface area contributed by atoms with Gasteiger partial charge in [-0.1, -0.05) is 6.07 Å². The van der Waals surface area contributed by atoms with Crippen LogP contribution in [0.2, 0.25) is 0 Å². The van der Waals surface area contributed by atoms with Crippen LogP contribution < -0.4 is 15.0 Å². The summed E-state index contributed by atoms with van der Waals surface area (Å²) < 4.78 is 10.9. The van der Waals surface area contributed by atoms with Gasteiger partial charge >= 0.3 is 0 Å². The average Bonchev–Trinajstić information content (AvgIpc) is 3.39. The van der Waals surface area contributed by atoms with E-state index in [1.807, 2.05) is 6.07 Å². The van der Waals surface area contributed by atoms with E-state index in [0.29, 0.717) is 13.3 Å². The number of hydrogen-bond donors (Lipinski definition) is 1. The molecule has 1 aliphatic carbocycles. The fourth-order valence-corrected chi connectivity index (χ4v) is 6.18. The van der Waals surface area contributed by atoms with Crippen LogP contribution in [-0.4, -0.2) is 52.7 Å². The van der Waals surface area contributed by atoms with Gasteiger partial charge in [-0.2, -0.15) is 0 Å². The maximum atomic E-state index is 12.8. The zero-order valence-electron chi connectivity index (χ0n) is 17.5. The van der Waals surface area contributed by atoms with Crippen LogP contribution in [0.1, 0.15) is 34.7 Å². The van der Waals surface area contributed by atoms with Gasteiger partial charge in [0.1, 0.15) is 10.7 Å². The maximum Gasteiger partial charge on any atom is 0.259 e. The minimum Gasteiger partial charge on any atom is -0.454 e. The molecule has 0 spiro atoms. The lowest BCUT2D eigenvalue weighted by Gasteiger charge is -2.34. The SMILES string of the molecule is O=c1[nH]c(CN2CCN(Cc3ccc4c(c3)OCO4)CC2)nc2sc3c(c12)CCCC3. The molecular formula is C23H26N4O3S. The number of rotatable bonds is 4. The fraction of sp³-hybridized carbons (Fsp3) is 0.478. The largest absolute Gasteiger partial charge is 0.454 e. The Kier molecular flexibility index (Phi) is 4.93. The first kappa shape index (κ1) is 19.3. The number of aromatic nitrogens is 2. The summed E-state index contributed by atoms with van der Waals surface area (Å²) in [6.07, 6.45) is 4.51. The topological polar surface area (TPSA) is 70.7 Å². The van der Waals surface area contributed by atoms with E-state index in [1.54, 1.807) is 11.3 Å². The number of benzene rings is 1. The zero-order valence-corrected chi connectivity index (χ0v) is 18.3. The summed E-state index contributed by atoms with van der Waals surface area (Å²) in [6, 6.07) is 6.19. The lowest BCUT2D eigenvalue weighted by Crippen LogP contribution is -2.45. The molecule has 0 saturated carbocycles. The summed E-state index contributed by atoms with van der Waals surface area (Å²) in [5, 5.41) is 0.844. The Morgan fingerprint density at radius 1 is 1.00 bits per heavy atom. The Balaban J connectivity index is 1.10. The first-order valence-electron chi connectivity index (χ1n) is 11.1. The van der Waals surface area contributed by atoms with Crippen LogP contribution in [0, 0.1) is 0 Å². The molecule has 4 heterocycles. The van der Waals surface area contributed by atoms with E-state index in [2.05, 4.69) is 26.9 Å². The van der Waals surface area contributed by atoms with Gasteiger partial charge in [0.15, 0.2) is 11.5 Å². The Morgan fingerprint density at radius 2 is 1.77 bits per heavy atom. The molecule has 162 valence electrons. The number of ether oxygens (including phenoxy) is 2. The van der Waals surface area contributed by atoms with Gasteiger partial charge in [0, 0.05) is 37.6 Å². The van der Waals surface area contributed by atoms with Crippen LogP contribution in [0.3, 0.4) is 0 Å². The number of thiophene rings is 1. The molecule has 0 atom stereocenters.